The maximum atomic E-state index is 8.25. The molecule has 0 heterocycles. The molecule has 0 aliphatic carbocycles. The van der Waals surface area contributed by atoms with Crippen LogP contribution in [0, 0.1) is 61.3 Å². The number of nitrogens with zero attached hydrogens (tertiary/aromatic N) is 4. The van der Waals surface area contributed by atoms with Crippen molar-refractivity contribution < 1.29 is 20.3 Å². The predicted molar refractivity (Wildman–Crippen MR) is 47.2 cm³/mol. The number of rotatable bonds is 0. The fourth-order valence-electron chi connectivity index (χ4n) is 0. The molecule has 16 nitrogen and oxygen atoms in total. The van der Waals surface area contributed by atoms with E-state index in [9.17, 15) is 0 Å². The van der Waals surface area contributed by atoms with Crippen molar-refractivity contribution in [1.29, 1.82) is 0 Å². The van der Waals surface area contributed by atoms with Crippen LogP contribution in [-0.4, -0.2) is 37.7 Å². The summed E-state index contributed by atoms with van der Waals surface area (Å²) in [5, 5.41) is 59.0. The van der Waals surface area contributed by atoms with Crippen LogP contribution >= 0.6 is 0 Å². The minimum absolute atomic E-state index is 0. The van der Waals surface area contributed by atoms with Crippen LogP contribution < -0.4 is 0 Å². The largest absolute Gasteiger partial charge is 3.00 e. The monoisotopic (exact) mass is 275 g/mol. The van der Waals surface area contributed by atoms with Gasteiger partial charge in [0.25, 0.3) is 0 Å². The second-order valence-electron chi connectivity index (χ2n) is 0.894. The van der Waals surface area contributed by atoms with Gasteiger partial charge in [0.15, 0.2) is 0 Å². The van der Waals surface area contributed by atoms with E-state index in [1.165, 1.54) is 0 Å². The Bertz CT molecular complexity index is 159. The van der Waals surface area contributed by atoms with Crippen LogP contribution in [0.4, 0.5) is 0 Å². The Morgan fingerprint density at radius 1 is 0.412 bits per heavy atom. The van der Waals surface area contributed by atoms with E-state index in [-0.39, 0.29) is 17.4 Å². The van der Waals surface area contributed by atoms with Crippen molar-refractivity contribution in [3.8, 4) is 0 Å². The van der Waals surface area contributed by atoms with Gasteiger partial charge >= 0.3 is 17.4 Å². The Morgan fingerprint density at radius 3 is 0.412 bits per heavy atom. The maximum absolute atomic E-state index is 8.25. The molecular formula is AlN4O12-. The third-order valence-corrected chi connectivity index (χ3v) is 0. The minimum Gasteiger partial charge on any atom is -0.356 e. The summed E-state index contributed by atoms with van der Waals surface area (Å²) < 4.78 is 0. The van der Waals surface area contributed by atoms with Gasteiger partial charge in [0.2, 0.25) is 0 Å². The van der Waals surface area contributed by atoms with Crippen molar-refractivity contribution >= 4 is 17.4 Å². The smallest absolute Gasteiger partial charge is 0.356 e. The van der Waals surface area contributed by atoms with E-state index in [1.54, 1.807) is 0 Å². The minimum atomic E-state index is -1.75. The molecule has 0 aromatic heterocycles. The van der Waals surface area contributed by atoms with Gasteiger partial charge in [0.1, 0.15) is 0 Å². The van der Waals surface area contributed by atoms with Crippen molar-refractivity contribution in [3.05, 3.63) is 61.3 Å². The van der Waals surface area contributed by atoms with Gasteiger partial charge in [0, 0.05) is 0 Å². The van der Waals surface area contributed by atoms with Gasteiger partial charge in [-0.3, -0.25) is 0 Å². The van der Waals surface area contributed by atoms with Crippen LogP contribution in [-0.2, 0) is 0 Å². The summed E-state index contributed by atoms with van der Waals surface area (Å²) in [6.07, 6.45) is 0. The average molecular weight is 275 g/mol. The van der Waals surface area contributed by atoms with E-state index in [0.29, 0.717) is 0 Å². The molecule has 0 radical (unpaired) electrons. The summed E-state index contributed by atoms with van der Waals surface area (Å²) in [6.45, 7) is 0. The molecule has 96 valence electrons. The van der Waals surface area contributed by atoms with Crippen molar-refractivity contribution in [3.63, 3.8) is 0 Å². The third-order valence-electron chi connectivity index (χ3n) is 0. The molecule has 0 aliphatic rings. The van der Waals surface area contributed by atoms with E-state index in [4.69, 9.17) is 61.3 Å². The van der Waals surface area contributed by atoms with E-state index >= 15 is 0 Å². The zero-order valence-corrected chi connectivity index (χ0v) is 8.42. The summed E-state index contributed by atoms with van der Waals surface area (Å²) in [5.41, 5.74) is 0. The summed E-state index contributed by atoms with van der Waals surface area (Å²) in [5.74, 6) is 0. The predicted octanol–water partition coefficient (Wildman–Crippen LogP) is -1.34. The number of hydrogen-bond donors (Lipinski definition) is 0. The van der Waals surface area contributed by atoms with Crippen LogP contribution in [0.25, 0.3) is 0 Å². The molecule has 0 fully saturated rings. The van der Waals surface area contributed by atoms with Gasteiger partial charge in [0.05, 0.1) is 20.3 Å². The summed E-state index contributed by atoms with van der Waals surface area (Å²) >= 11 is 0. The van der Waals surface area contributed by atoms with Gasteiger partial charge < -0.3 is 61.3 Å². The third kappa shape index (κ3) is 241. The van der Waals surface area contributed by atoms with Gasteiger partial charge in [-0.05, 0) is 0 Å². The Kier molecular flexibility index (Phi) is 40.1. The molecule has 0 aromatic rings. The molecule has 0 saturated carbocycles. The normalized spacial score (nSPS) is 5.65. The van der Waals surface area contributed by atoms with E-state index in [2.05, 4.69) is 0 Å². The summed E-state index contributed by atoms with van der Waals surface area (Å²) in [6, 6.07) is 0. The average Bonchev–Trinajstić information content (AvgIpc) is 1.76. The molecule has 0 aliphatic heterocycles. The Balaban J connectivity index is -0.0000000369. The van der Waals surface area contributed by atoms with Gasteiger partial charge in [-0.1, -0.05) is 0 Å². The fraction of sp³-hybridized carbons (Fsp3) is 0. The molecule has 0 rings (SSSR count). The zero-order valence-electron chi connectivity index (χ0n) is 7.27. The quantitative estimate of drug-likeness (QED) is 0.282. The molecule has 17 heavy (non-hydrogen) atoms. The number of hydrogen-bond acceptors (Lipinski definition) is 12. The first-order valence-corrected chi connectivity index (χ1v) is 2.19. The van der Waals surface area contributed by atoms with E-state index < -0.39 is 20.3 Å². The first kappa shape index (κ1) is 29.3. The van der Waals surface area contributed by atoms with Crippen LogP contribution in [0.15, 0.2) is 0 Å². The second kappa shape index (κ2) is 23.3. The van der Waals surface area contributed by atoms with Gasteiger partial charge in [-0.2, -0.15) is 0 Å². The molecular weight excluding hydrogens is 275 g/mol. The van der Waals surface area contributed by atoms with Crippen LogP contribution in [0.3, 0.4) is 0 Å². The maximum Gasteiger partial charge on any atom is 3.00 e. The molecule has 0 amide bonds. The fourth-order valence-corrected chi connectivity index (χ4v) is 0. The molecule has 0 N–H and O–H groups in total. The Morgan fingerprint density at radius 2 is 0.412 bits per heavy atom. The van der Waals surface area contributed by atoms with E-state index in [0.717, 1.165) is 0 Å². The molecule has 0 unspecified atom stereocenters. The summed E-state index contributed by atoms with van der Waals surface area (Å²) in [7, 11) is 0. The van der Waals surface area contributed by atoms with Crippen molar-refractivity contribution in [1.82, 2.24) is 0 Å². The molecule has 0 aromatic carbocycles. The molecule has 0 spiro atoms. The van der Waals surface area contributed by atoms with E-state index in [1.807, 2.05) is 0 Å². The first-order valence-electron chi connectivity index (χ1n) is 2.19. The second-order valence-corrected chi connectivity index (χ2v) is 0.894. The summed E-state index contributed by atoms with van der Waals surface area (Å²) in [4.78, 5) is 33.0. The first-order chi connectivity index (χ1) is 6.93. The zero-order chi connectivity index (χ0) is 14.3. The Hall–Kier alpha value is -2.67. The van der Waals surface area contributed by atoms with Crippen LogP contribution in [0.5, 0.6) is 0 Å². The topological polar surface area (TPSA) is 265 Å². The molecule has 0 atom stereocenters. The van der Waals surface area contributed by atoms with Crippen molar-refractivity contribution in [2.75, 3.05) is 0 Å². The van der Waals surface area contributed by atoms with Crippen LogP contribution in [0.2, 0.25) is 0 Å². The molecule has 0 bridgehead atoms. The SMILES string of the molecule is O=[N+]([O-])[O-].O=[N+]([O-])[O-].O=[N+]([O-])[O-].O=[N+]([O-])[O-].[Al+3]. The molecule has 0 saturated heterocycles. The van der Waals surface area contributed by atoms with Gasteiger partial charge in [-0.25, -0.2) is 0 Å². The van der Waals surface area contributed by atoms with Gasteiger partial charge in [-0.15, -0.1) is 0 Å². The standard InChI is InChI=1S/Al.4NO3/c;4*2-1(3)4/q+3;4*-1. The Labute approximate surface area is 99.9 Å². The molecule has 17 heteroatoms. The van der Waals surface area contributed by atoms with Crippen molar-refractivity contribution in [2.45, 2.75) is 0 Å². The van der Waals surface area contributed by atoms with Crippen LogP contribution in [0.1, 0.15) is 0 Å². The van der Waals surface area contributed by atoms with Crippen molar-refractivity contribution in [2.24, 2.45) is 0 Å².